The molecular formula is C15H14N2O5S. The first kappa shape index (κ1) is 14.4. The van der Waals surface area contributed by atoms with Crippen molar-refractivity contribution in [2.45, 2.75) is 12.5 Å². The van der Waals surface area contributed by atoms with Crippen LogP contribution in [0.25, 0.3) is 0 Å². The molecule has 0 bridgehead atoms. The summed E-state index contributed by atoms with van der Waals surface area (Å²) < 4.78 is 10.5. The van der Waals surface area contributed by atoms with Gasteiger partial charge in [0.25, 0.3) is 5.24 Å². The zero-order valence-electron chi connectivity index (χ0n) is 12.2. The summed E-state index contributed by atoms with van der Waals surface area (Å²) in [5.74, 6) is 1.37. The van der Waals surface area contributed by atoms with Gasteiger partial charge in [0.1, 0.15) is 0 Å². The van der Waals surface area contributed by atoms with Gasteiger partial charge in [0, 0.05) is 13.1 Å². The van der Waals surface area contributed by atoms with Crippen LogP contribution in [0.15, 0.2) is 18.2 Å². The maximum Gasteiger partial charge on any atom is 0.289 e. The molecule has 2 fully saturated rings. The molecule has 0 spiro atoms. The van der Waals surface area contributed by atoms with Gasteiger partial charge in [-0.2, -0.15) is 0 Å². The van der Waals surface area contributed by atoms with Crippen molar-refractivity contribution < 1.29 is 23.9 Å². The number of carbonyl (C=O) groups excluding carboxylic acids is 3. The molecule has 0 unspecified atom stereocenters. The van der Waals surface area contributed by atoms with Crippen LogP contribution in [0.4, 0.5) is 4.79 Å². The predicted octanol–water partition coefficient (Wildman–Crippen LogP) is 0.864. The molecule has 0 atom stereocenters. The lowest BCUT2D eigenvalue weighted by atomic mass is 10.0. The molecule has 1 aromatic rings. The molecule has 3 aliphatic rings. The van der Waals surface area contributed by atoms with Gasteiger partial charge in [-0.25, -0.2) is 0 Å². The van der Waals surface area contributed by atoms with Gasteiger partial charge in [-0.1, -0.05) is 17.8 Å². The van der Waals surface area contributed by atoms with Crippen LogP contribution < -0.4 is 9.47 Å². The van der Waals surface area contributed by atoms with Crippen LogP contribution in [0.5, 0.6) is 11.5 Å². The molecule has 0 N–H and O–H groups in total. The van der Waals surface area contributed by atoms with E-state index in [9.17, 15) is 14.4 Å². The van der Waals surface area contributed by atoms with Gasteiger partial charge in [0.05, 0.1) is 18.2 Å². The Morgan fingerprint density at radius 3 is 2.74 bits per heavy atom. The summed E-state index contributed by atoms with van der Waals surface area (Å²) in [7, 11) is 0. The first-order chi connectivity index (χ1) is 11.1. The van der Waals surface area contributed by atoms with E-state index in [2.05, 4.69) is 0 Å². The topological polar surface area (TPSA) is 76.2 Å². The van der Waals surface area contributed by atoms with E-state index in [1.54, 1.807) is 11.0 Å². The van der Waals surface area contributed by atoms with E-state index in [-0.39, 0.29) is 42.1 Å². The number of likely N-dealkylation sites (tertiary alicyclic amines) is 1. The lowest BCUT2D eigenvalue weighted by Crippen LogP contribution is -2.62. The second kappa shape index (κ2) is 5.45. The molecule has 3 aliphatic heterocycles. The van der Waals surface area contributed by atoms with Crippen LogP contribution in [0.1, 0.15) is 5.56 Å². The summed E-state index contributed by atoms with van der Waals surface area (Å²) in [4.78, 5) is 38.5. The average Bonchev–Trinajstić information content (AvgIpc) is 3.06. The standard InChI is InChI=1S/C15H14N2O5S/c18-13(4-9-1-2-11-12(3-9)22-8-21-11)16-5-10(6-16)17-14(19)7-23-15(17)20/h1-3,10H,4-8H2. The Morgan fingerprint density at radius 2 is 2.00 bits per heavy atom. The molecule has 0 aromatic heterocycles. The lowest BCUT2D eigenvalue weighted by molar-refractivity contribution is -0.141. The van der Waals surface area contributed by atoms with Crippen LogP contribution in [0.3, 0.4) is 0 Å². The van der Waals surface area contributed by atoms with Gasteiger partial charge in [-0.3, -0.25) is 19.3 Å². The van der Waals surface area contributed by atoms with Gasteiger partial charge in [-0.05, 0) is 17.7 Å². The molecule has 7 nitrogen and oxygen atoms in total. The summed E-state index contributed by atoms with van der Waals surface area (Å²) in [5.41, 5.74) is 0.853. The van der Waals surface area contributed by atoms with Crippen molar-refractivity contribution in [3.05, 3.63) is 23.8 Å². The van der Waals surface area contributed by atoms with Crippen LogP contribution in [-0.2, 0) is 16.0 Å². The Morgan fingerprint density at radius 1 is 1.22 bits per heavy atom. The summed E-state index contributed by atoms with van der Waals surface area (Å²) in [6.45, 7) is 1.04. The average molecular weight is 334 g/mol. The van der Waals surface area contributed by atoms with Crippen LogP contribution >= 0.6 is 11.8 Å². The van der Waals surface area contributed by atoms with E-state index in [1.807, 2.05) is 12.1 Å². The lowest BCUT2D eigenvalue weighted by Gasteiger charge is -2.42. The zero-order valence-corrected chi connectivity index (χ0v) is 13.0. The van der Waals surface area contributed by atoms with E-state index in [0.29, 0.717) is 24.6 Å². The van der Waals surface area contributed by atoms with Crippen LogP contribution in [0, 0.1) is 0 Å². The quantitative estimate of drug-likeness (QED) is 0.816. The van der Waals surface area contributed by atoms with Gasteiger partial charge >= 0.3 is 0 Å². The Hall–Kier alpha value is -2.22. The van der Waals surface area contributed by atoms with E-state index in [0.717, 1.165) is 17.3 Å². The highest BCUT2D eigenvalue weighted by Crippen LogP contribution is 2.33. The second-order valence-corrected chi connectivity index (χ2v) is 6.56. The fraction of sp³-hybridized carbons (Fsp3) is 0.400. The van der Waals surface area contributed by atoms with Crippen molar-refractivity contribution >= 4 is 28.8 Å². The molecule has 3 heterocycles. The smallest absolute Gasteiger partial charge is 0.289 e. The maximum absolute atomic E-state index is 12.3. The van der Waals surface area contributed by atoms with Gasteiger partial charge in [0.15, 0.2) is 11.5 Å². The number of fused-ring (bicyclic) bond motifs is 1. The van der Waals surface area contributed by atoms with E-state index in [4.69, 9.17) is 9.47 Å². The number of carbonyl (C=O) groups is 3. The highest BCUT2D eigenvalue weighted by atomic mass is 32.2. The molecule has 3 amide bonds. The summed E-state index contributed by atoms with van der Waals surface area (Å²) in [6, 6.07) is 5.27. The van der Waals surface area contributed by atoms with E-state index in [1.165, 1.54) is 4.90 Å². The molecule has 1 aromatic carbocycles. The molecular weight excluding hydrogens is 320 g/mol. The normalized spacial score (nSPS) is 20.2. The number of nitrogens with zero attached hydrogens (tertiary/aromatic N) is 2. The molecule has 0 saturated carbocycles. The van der Waals surface area contributed by atoms with Crippen molar-refractivity contribution in [3.8, 4) is 11.5 Å². The summed E-state index contributed by atoms with van der Waals surface area (Å²) in [6.07, 6.45) is 0.264. The fourth-order valence-corrected chi connectivity index (χ4v) is 3.65. The van der Waals surface area contributed by atoms with E-state index >= 15 is 0 Å². The Kier molecular flexibility index (Phi) is 3.41. The fourth-order valence-electron chi connectivity index (χ4n) is 2.88. The maximum atomic E-state index is 12.3. The summed E-state index contributed by atoms with van der Waals surface area (Å²) >= 11 is 1.02. The van der Waals surface area contributed by atoms with Gasteiger partial charge < -0.3 is 14.4 Å². The SMILES string of the molecule is O=C(Cc1ccc2c(c1)OCO2)N1CC(N2C(=O)CSC2=O)C1. The third kappa shape index (κ3) is 2.52. The highest BCUT2D eigenvalue weighted by Gasteiger charge is 2.43. The largest absolute Gasteiger partial charge is 0.454 e. The Bertz CT molecular complexity index is 685. The number of thioether (sulfide) groups is 1. The molecule has 2 saturated heterocycles. The van der Waals surface area contributed by atoms with Crippen molar-refractivity contribution in [2.75, 3.05) is 25.6 Å². The molecule has 0 aliphatic carbocycles. The van der Waals surface area contributed by atoms with Crippen molar-refractivity contribution in [1.29, 1.82) is 0 Å². The third-order valence-electron chi connectivity index (χ3n) is 4.16. The number of imide groups is 1. The van der Waals surface area contributed by atoms with Crippen molar-refractivity contribution in [1.82, 2.24) is 9.80 Å². The van der Waals surface area contributed by atoms with Gasteiger partial charge in [-0.15, -0.1) is 0 Å². The Balaban J connectivity index is 1.35. The third-order valence-corrected chi connectivity index (χ3v) is 4.99. The van der Waals surface area contributed by atoms with Crippen LogP contribution in [-0.4, -0.2) is 58.5 Å². The summed E-state index contributed by atoms with van der Waals surface area (Å²) in [5, 5.41) is -0.206. The molecule has 4 rings (SSSR count). The molecule has 120 valence electrons. The first-order valence-electron chi connectivity index (χ1n) is 7.27. The number of rotatable bonds is 3. The second-order valence-electron chi connectivity index (χ2n) is 5.64. The molecule has 23 heavy (non-hydrogen) atoms. The monoisotopic (exact) mass is 334 g/mol. The zero-order chi connectivity index (χ0) is 16.0. The van der Waals surface area contributed by atoms with Crippen molar-refractivity contribution in [3.63, 3.8) is 0 Å². The molecule has 8 heteroatoms. The Labute approximate surface area is 136 Å². The minimum atomic E-state index is -0.206. The van der Waals surface area contributed by atoms with Crippen molar-refractivity contribution in [2.24, 2.45) is 0 Å². The number of hydrogen-bond acceptors (Lipinski definition) is 6. The number of hydrogen-bond donors (Lipinski definition) is 0. The van der Waals surface area contributed by atoms with E-state index < -0.39 is 0 Å². The number of ether oxygens (including phenoxy) is 2. The number of benzene rings is 1. The number of amides is 3. The highest BCUT2D eigenvalue weighted by molar-refractivity contribution is 8.14. The van der Waals surface area contributed by atoms with Crippen LogP contribution in [0.2, 0.25) is 0 Å². The minimum Gasteiger partial charge on any atom is -0.454 e. The predicted molar refractivity (Wildman–Crippen MR) is 81.3 cm³/mol. The van der Waals surface area contributed by atoms with Gasteiger partial charge in [0.2, 0.25) is 18.6 Å². The first-order valence-corrected chi connectivity index (χ1v) is 8.25. The molecule has 0 radical (unpaired) electrons. The minimum absolute atomic E-state index is 0.0214.